The van der Waals surface area contributed by atoms with Gasteiger partial charge in [-0.2, -0.15) is 0 Å². The number of aliphatic hydroxyl groups is 1. The van der Waals surface area contributed by atoms with Gasteiger partial charge in [0, 0.05) is 225 Å². The van der Waals surface area contributed by atoms with Crippen LogP contribution in [0.3, 0.4) is 0 Å². The molecule has 6 atom stereocenters. The van der Waals surface area contributed by atoms with E-state index in [0.717, 1.165) is 113 Å². The Labute approximate surface area is 809 Å². The Balaban J connectivity index is -0.0000000383. The third-order valence-corrected chi connectivity index (χ3v) is 26.9. The summed E-state index contributed by atoms with van der Waals surface area (Å²) in [7, 11) is 0. The quantitative estimate of drug-likeness (QED) is 0.140. The predicted octanol–water partition coefficient (Wildman–Crippen LogP) is 32.3. The minimum Gasteiger partial charge on any atom is -0.507 e. The number of hydrogen-bond donors (Lipinski definition) is 2. The third kappa shape index (κ3) is 20.6. The van der Waals surface area contributed by atoms with Crippen molar-refractivity contribution in [1.82, 2.24) is 0 Å². The number of aliphatic hydroxyl groups excluding tert-OH is 1. The Morgan fingerprint density at radius 2 is 0.632 bits per heavy atom. The standard InChI is InChI=1S/C19H26F2O3.C19H26O4.C17H24F2O2.C17H22F2O2.C11H16O.C9H14O3.CH4.45H2/c1-11-12(2)14(4)17(15(5)13(11)3)24-16-10-18(22-8-9-23-18)6-7-19(16,20)21;1-11-12(2)14(4)18(15(5)13(11)3)23-17-10-19(7-6-16(17)20)21-8-9-22-19;2*1-9-10(2)12(4)16(13(5)11(9)3)21-15-8-14(20)6-7-17(15,18)19;1-6-7(2)9(4)11(12)10(5)8(6)3;1-7-6-9(3-2-8(7)10)11-4-5-12-9;;;;;;;;;;;;;;;;;;;;;;;;;;;;;;;;;;;;;;;;;;;;;;/h16H,6-10H2,1-5H3;17H,6-10H2,1-5H3;14-15,20H,6-8H2,1-5H3;15H,6-8H2,1-5H3;12H,1-5H3;7H,2-6H2,1H3;1H4;45*1H/i;;;;;;;42*1+2T;3*1+2. The van der Waals surface area contributed by atoms with Crippen LogP contribution in [0.25, 0.3) is 0 Å². The van der Waals surface area contributed by atoms with Gasteiger partial charge in [-0.3, -0.25) is 14.4 Å². The maximum atomic E-state index is 14.5. The average molecular weight is 1870 g/mol. The van der Waals surface area contributed by atoms with Crippen molar-refractivity contribution < 1.29 is 227 Å². The van der Waals surface area contributed by atoms with Gasteiger partial charge < -0.3 is 57.6 Å². The second-order valence-electron chi connectivity index (χ2n) is 33.4. The van der Waals surface area contributed by atoms with E-state index < -0.39 is 72.1 Å². The summed E-state index contributed by atoms with van der Waals surface area (Å²) in [4.78, 5) is 35.1. The van der Waals surface area contributed by atoms with Gasteiger partial charge in [-0.05, 0) is 319 Å². The summed E-state index contributed by atoms with van der Waals surface area (Å²) in [5.74, 6) is -7.24. The highest BCUT2D eigenvalue weighted by molar-refractivity contribution is 5.85. The molecule has 3 aliphatic heterocycles. The first kappa shape index (κ1) is 50.4. The molecule has 2 N–H and O–H groups in total. The van der Waals surface area contributed by atoms with Crippen LogP contribution in [0.5, 0.6) is 28.7 Å². The largest absolute Gasteiger partial charge is 0.507 e. The first-order valence-corrected chi connectivity index (χ1v) is 40.4. The molecule has 3 heterocycles. The van der Waals surface area contributed by atoms with Crippen molar-refractivity contribution in [3.8, 4) is 28.7 Å². The van der Waals surface area contributed by atoms with Gasteiger partial charge in [0.1, 0.15) is 40.3 Å². The van der Waals surface area contributed by atoms with Gasteiger partial charge in [-0.1, -0.05) is 14.4 Å². The first-order valence-electron chi connectivity index (χ1n) is 82.4. The summed E-state index contributed by atoms with van der Waals surface area (Å²) in [5, 5.41) is 19.4. The lowest BCUT2D eigenvalue weighted by molar-refractivity contribution is -0.242. The molecule has 0 radical (unpaired) electrons. The number of alkyl halides is 6. The van der Waals surface area contributed by atoms with Crippen molar-refractivity contribution in [3.05, 3.63) is 139 Å². The third-order valence-electron chi connectivity index (χ3n) is 26.9. The first-order chi connectivity index (χ1) is 94.5. The SMILES string of the molecule is C.CC1CC2(CCC1=O)OCCO2.Cc1c(C)c(C)c(O)c(C)c1C.Cc1c(C)c(C)c(OC2CC(=O)CCC2(F)F)c(C)c1C.Cc1c(C)c(C)c(OC2CC(O)CCC2(F)F)c(C)c1C.Cc1c(C)c(C)c(OC2CC3(CCC2(F)F)OCCO3)c(C)c1C.Cc1c(C)c(C)c(OC2CC3(CCC2=O)OCCO3)c(C)c1C.[3HH].[3HH].[3HH].[3H][3H].[3H][3H].[3H][3H].[3H][3H].[3H][3H].[3H][3H].[3H][3H].[3H][3H].[3H][3H].[3H][3H].[3H][3H].[3H][3H].[3H][3H].[3H][3H].[3H][3H].[3H][3H].[3H][3H].[3H][3H].[3H][3H].[3H][3H].[3H][3H].[3H][3H].[3H][3H].[3H][3H].[3H][3H].[3H][3H].[3H][3H].[3H][3H].[3H][3H].[3H][3H].[3H][3H].[3H][3H].[3H][3H].[3H][3H].[3H][3H].[3H][3H].[3H][3H].[3H][3H].[3H][3H].[3H][3H].[3H][3H].[3H][3H]. The highest BCUT2D eigenvalue weighted by atomic mass is 19.3. The van der Waals surface area contributed by atoms with E-state index in [1.54, 1.807) is 0 Å². The van der Waals surface area contributed by atoms with E-state index in [2.05, 4.69) is 62.3 Å². The van der Waals surface area contributed by atoms with Gasteiger partial charge in [-0.15, -0.1) is 0 Å². The molecule has 3 saturated heterocycles. The Hall–Kier alpha value is -6.59. The van der Waals surface area contributed by atoms with Crippen LogP contribution >= 0.6 is 0 Å². The number of Topliss-reactive ketones (excluding diaryl/α,β-unsaturated/α-hetero) is 3. The van der Waals surface area contributed by atoms with E-state index >= 15 is 0 Å². The normalized spacial score (nSPS) is 26.3. The number of rotatable bonds is 8. The van der Waals surface area contributed by atoms with Crippen LogP contribution in [0.15, 0.2) is 0 Å². The van der Waals surface area contributed by atoms with Gasteiger partial charge >= 0.3 is 0 Å². The number of phenols is 1. The summed E-state index contributed by atoms with van der Waals surface area (Å²) in [6, 6.07) is 0. The molecule has 15 nitrogen and oxygen atoms in total. The van der Waals surface area contributed by atoms with E-state index in [-0.39, 0.29) is 80.6 Å². The van der Waals surface area contributed by atoms with Gasteiger partial charge in [0.2, 0.25) is 0 Å². The van der Waals surface area contributed by atoms with E-state index in [1.165, 1.54) is 44.5 Å². The number of hydrogen-bond acceptors (Lipinski definition) is 15. The van der Waals surface area contributed by atoms with Crippen LogP contribution in [0.4, 0.5) is 26.3 Å². The predicted molar refractivity (Wildman–Crippen MR) is 530 cm³/mol. The molecule has 21 heteroatoms. The number of ketones is 3. The molecule has 5 aromatic carbocycles. The molecule has 0 amide bonds. The van der Waals surface area contributed by atoms with Crippen LogP contribution in [-0.4, -0.2) is 133 Å². The molecular formula is C93H222F6O15. The average Bonchev–Trinajstić information content (AvgIpc) is 1.72. The highest BCUT2D eigenvalue weighted by Gasteiger charge is 2.56. The topological polar surface area (TPSA) is 184 Å². The fourth-order valence-electron chi connectivity index (χ4n) is 16.6. The van der Waals surface area contributed by atoms with Crippen LogP contribution in [-0.2, 0) is 42.8 Å². The molecule has 6 unspecified atom stereocenters. The second-order valence-corrected chi connectivity index (χ2v) is 33.4. The zero-order valence-corrected chi connectivity index (χ0v) is 72.3. The monoisotopic (exact) mass is 1870 g/mol. The summed E-state index contributed by atoms with van der Waals surface area (Å²) < 4.78 is 562. The number of carbonyl (C=O) groups excluding carboxylic acids is 3. The van der Waals surface area contributed by atoms with Crippen molar-refractivity contribution in [2.45, 2.75) is 349 Å². The number of halogens is 6. The fraction of sp³-hybridized carbons (Fsp3) is 0.645. The minimum atomic E-state index is -2.94. The molecule has 8 aliphatic rings. The summed E-state index contributed by atoms with van der Waals surface area (Å²) in [6.45, 7) is 55.5. The summed E-state index contributed by atoms with van der Waals surface area (Å²) in [5.41, 5.74) is 27.1. The number of aromatic hydroxyl groups is 1. The van der Waals surface area contributed by atoms with E-state index in [4.69, 9.17) is 172 Å². The molecule has 5 aromatic rings. The molecule has 8 fully saturated rings. The Morgan fingerprint density at radius 3 is 1.00 bits per heavy atom. The van der Waals surface area contributed by atoms with Crippen LogP contribution in [0.1, 0.15) is 379 Å². The van der Waals surface area contributed by atoms with Crippen molar-refractivity contribution in [2.75, 3.05) is 39.6 Å². The molecule has 13 rings (SSSR count). The molecule has 0 bridgehead atoms. The lowest BCUT2D eigenvalue weighted by Crippen LogP contribution is -2.51. The Morgan fingerprint density at radius 1 is 0.342 bits per heavy atom. The number of phenolic OH excluding ortho intramolecular Hbond substituents is 1. The molecular weight excluding hydrogens is 1470 g/mol. The number of benzene rings is 5. The van der Waals surface area contributed by atoms with E-state index in [1.807, 2.05) is 118 Å². The lowest BCUT2D eigenvalue weighted by Gasteiger charge is -2.41. The Kier molecular flexibility index (Phi) is 16.6. The van der Waals surface area contributed by atoms with Crippen molar-refractivity contribution in [3.63, 3.8) is 0 Å². The van der Waals surface area contributed by atoms with Gasteiger partial charge in [0.25, 0.3) is 17.8 Å². The summed E-state index contributed by atoms with van der Waals surface area (Å²) >= 11 is 0. The molecule has 114 heavy (non-hydrogen) atoms. The smallest absolute Gasteiger partial charge is 0.285 e. The van der Waals surface area contributed by atoms with Gasteiger partial charge in [0.05, 0.1) is 45.7 Å². The molecule has 0 aromatic heterocycles. The number of carbonyl (C=O) groups is 3. The van der Waals surface area contributed by atoms with Crippen LogP contribution < -0.4 is 18.9 Å². The van der Waals surface area contributed by atoms with Crippen molar-refractivity contribution in [1.29, 1.82) is 0 Å². The van der Waals surface area contributed by atoms with Crippen molar-refractivity contribution in [2.24, 2.45) is 5.92 Å². The van der Waals surface area contributed by atoms with Crippen LogP contribution in [0, 0.1) is 179 Å². The molecule has 3 spiro atoms. The van der Waals surface area contributed by atoms with Gasteiger partial charge in [0.15, 0.2) is 47.6 Å². The van der Waals surface area contributed by atoms with E-state index in [0.29, 0.717) is 94.1 Å². The summed E-state index contributed by atoms with van der Waals surface area (Å²) in [6.07, 6.45) is -2.25. The molecule has 5 saturated carbocycles. The second kappa shape index (κ2) is 37.6. The van der Waals surface area contributed by atoms with Crippen molar-refractivity contribution >= 4 is 17.3 Å². The van der Waals surface area contributed by atoms with E-state index in [9.17, 15) is 50.9 Å². The maximum absolute atomic E-state index is 14.5. The zero-order chi connectivity index (χ0) is 168. The highest BCUT2D eigenvalue weighted by Crippen LogP contribution is 2.48. The zero-order valence-electron chi connectivity index (χ0n) is 156. The lowest BCUT2D eigenvalue weighted by atomic mass is 9.85. The van der Waals surface area contributed by atoms with Crippen LogP contribution in [0.2, 0.25) is 0 Å². The molecule has 5 aliphatic carbocycles. The minimum absolute atomic E-state index is 0. The fourth-order valence-corrected chi connectivity index (χ4v) is 16.6. The maximum Gasteiger partial charge on any atom is 0.285 e. The number of ether oxygens (including phenoxy) is 10. The molecule has 726 valence electrons. The Bertz CT molecular complexity index is 4300. The van der Waals surface area contributed by atoms with Gasteiger partial charge in [-0.25, -0.2) is 26.3 Å².